The molecule has 7 nitrogen and oxygen atoms in total. The van der Waals surface area contributed by atoms with Crippen LogP contribution in [0.3, 0.4) is 0 Å². The average molecular weight is 365 g/mol. The molecule has 7 heteroatoms. The zero-order chi connectivity index (χ0) is 19.4. The molecule has 3 aromatic rings. The van der Waals surface area contributed by atoms with E-state index >= 15 is 0 Å². The Balaban J connectivity index is 1.64. The molecule has 0 saturated heterocycles. The summed E-state index contributed by atoms with van der Waals surface area (Å²) in [5.41, 5.74) is 2.59. The van der Waals surface area contributed by atoms with Gasteiger partial charge in [0.25, 0.3) is 11.8 Å². The highest BCUT2D eigenvalue weighted by atomic mass is 16.2. The molecule has 0 atom stereocenters. The third-order valence-electron chi connectivity index (χ3n) is 4.16. The third-order valence-corrected chi connectivity index (χ3v) is 4.16. The number of benzene rings is 1. The molecule has 0 radical (unpaired) electrons. The van der Waals surface area contributed by atoms with Crippen LogP contribution in [-0.2, 0) is 0 Å². The molecule has 0 unspecified atom stereocenters. The van der Waals surface area contributed by atoms with Crippen LogP contribution in [0.1, 0.15) is 46.3 Å². The van der Waals surface area contributed by atoms with Crippen LogP contribution in [-0.4, -0.2) is 39.7 Å². The Morgan fingerprint density at radius 3 is 2.41 bits per heavy atom. The number of amides is 2. The molecule has 2 amide bonds. The van der Waals surface area contributed by atoms with Crippen LogP contribution in [0.2, 0.25) is 0 Å². The number of rotatable bonds is 6. The summed E-state index contributed by atoms with van der Waals surface area (Å²) in [6.07, 6.45) is 1.67. The van der Waals surface area contributed by atoms with Gasteiger partial charge in [-0.3, -0.25) is 9.59 Å². The summed E-state index contributed by atoms with van der Waals surface area (Å²) in [5, 5.41) is 10.7. The fourth-order valence-corrected chi connectivity index (χ4v) is 2.85. The Hall–Kier alpha value is -3.22. The lowest BCUT2D eigenvalue weighted by Gasteiger charge is -2.10. The van der Waals surface area contributed by atoms with Gasteiger partial charge < -0.3 is 10.6 Å². The molecule has 0 spiro atoms. The molecule has 0 fully saturated rings. The highest BCUT2D eigenvalue weighted by Gasteiger charge is 2.16. The number of carbonyl (C=O) groups excluding carboxylic acids is 2. The maximum atomic E-state index is 12.6. The highest BCUT2D eigenvalue weighted by Crippen LogP contribution is 2.20. The number of pyridine rings is 1. The summed E-state index contributed by atoms with van der Waals surface area (Å²) in [6.45, 7) is 6.57. The molecule has 1 aromatic carbocycles. The molecule has 0 bridgehead atoms. The van der Waals surface area contributed by atoms with Gasteiger partial charge in [0.1, 0.15) is 0 Å². The van der Waals surface area contributed by atoms with Gasteiger partial charge in [0, 0.05) is 30.4 Å². The molecule has 140 valence electrons. The molecule has 0 aliphatic carbocycles. The summed E-state index contributed by atoms with van der Waals surface area (Å²) in [6, 6.07) is 10.9. The molecule has 0 saturated carbocycles. The minimum Gasteiger partial charge on any atom is -0.350 e. The minimum atomic E-state index is -0.206. The number of hydrogen-bond donors (Lipinski definition) is 2. The van der Waals surface area contributed by atoms with Gasteiger partial charge in [-0.05, 0) is 39.0 Å². The lowest BCUT2D eigenvalue weighted by molar-refractivity contribution is 0.0928. The number of carbonyl (C=O) groups is 2. The van der Waals surface area contributed by atoms with Crippen molar-refractivity contribution in [1.29, 1.82) is 0 Å². The van der Waals surface area contributed by atoms with Gasteiger partial charge in [-0.1, -0.05) is 18.2 Å². The van der Waals surface area contributed by atoms with Gasteiger partial charge in [-0.15, -0.1) is 0 Å². The summed E-state index contributed by atoms with van der Waals surface area (Å²) in [4.78, 5) is 29.1. The zero-order valence-electron chi connectivity index (χ0n) is 15.7. The van der Waals surface area contributed by atoms with Crippen molar-refractivity contribution in [3.8, 4) is 0 Å². The normalized spacial score (nSPS) is 11.0. The molecule has 2 heterocycles. The highest BCUT2D eigenvalue weighted by molar-refractivity contribution is 6.05. The molecule has 27 heavy (non-hydrogen) atoms. The Labute approximate surface area is 157 Å². The third kappa shape index (κ3) is 4.13. The van der Waals surface area contributed by atoms with Crippen molar-refractivity contribution < 1.29 is 9.59 Å². The maximum absolute atomic E-state index is 12.6. The number of nitrogens with one attached hydrogen (secondary N) is 2. The SMILES string of the molecule is Cc1cc(C(=O)NCCNC(=O)c2ccccc2)c2cnn(C(C)C)c2n1. The van der Waals surface area contributed by atoms with Gasteiger partial charge in [-0.25, -0.2) is 9.67 Å². The molecule has 3 rings (SSSR count). The predicted octanol–water partition coefficient (Wildman–Crippen LogP) is 2.48. The Kier molecular flexibility index (Phi) is 5.49. The van der Waals surface area contributed by atoms with Crippen LogP contribution in [0.25, 0.3) is 11.0 Å². The van der Waals surface area contributed by atoms with Crippen LogP contribution in [0, 0.1) is 6.92 Å². The second kappa shape index (κ2) is 7.99. The van der Waals surface area contributed by atoms with E-state index in [9.17, 15) is 9.59 Å². The lowest BCUT2D eigenvalue weighted by atomic mass is 10.1. The van der Waals surface area contributed by atoms with Gasteiger partial charge in [0.2, 0.25) is 0 Å². The van der Waals surface area contributed by atoms with Gasteiger partial charge >= 0.3 is 0 Å². The van der Waals surface area contributed by atoms with Crippen molar-refractivity contribution in [3.05, 3.63) is 59.4 Å². The first kappa shape index (κ1) is 18.6. The first-order chi connectivity index (χ1) is 13.0. The van der Waals surface area contributed by atoms with E-state index in [1.54, 1.807) is 29.1 Å². The molecule has 0 aliphatic heterocycles. The topological polar surface area (TPSA) is 88.9 Å². The number of hydrogen-bond acceptors (Lipinski definition) is 4. The summed E-state index contributed by atoms with van der Waals surface area (Å²) in [7, 11) is 0. The second-order valence-corrected chi connectivity index (χ2v) is 6.61. The van der Waals surface area contributed by atoms with Crippen molar-refractivity contribution in [2.45, 2.75) is 26.8 Å². The standard InChI is InChI=1S/C20H23N5O2/c1-13(2)25-18-17(12-23-25)16(11-14(3)24-18)20(27)22-10-9-21-19(26)15-7-5-4-6-8-15/h4-8,11-13H,9-10H2,1-3H3,(H,21,26)(H,22,27). The zero-order valence-corrected chi connectivity index (χ0v) is 15.7. The first-order valence-electron chi connectivity index (χ1n) is 8.93. The van der Waals surface area contributed by atoms with Crippen molar-refractivity contribution in [2.75, 3.05) is 13.1 Å². The number of aromatic nitrogens is 3. The maximum Gasteiger partial charge on any atom is 0.252 e. The average Bonchev–Trinajstić information content (AvgIpc) is 3.08. The molecule has 2 N–H and O–H groups in total. The van der Waals surface area contributed by atoms with Crippen molar-refractivity contribution in [1.82, 2.24) is 25.4 Å². The van der Waals surface area contributed by atoms with E-state index < -0.39 is 0 Å². The second-order valence-electron chi connectivity index (χ2n) is 6.61. The van der Waals surface area contributed by atoms with E-state index in [2.05, 4.69) is 20.7 Å². The van der Waals surface area contributed by atoms with Gasteiger partial charge in [0.15, 0.2) is 5.65 Å². The number of fused-ring (bicyclic) bond motifs is 1. The fourth-order valence-electron chi connectivity index (χ4n) is 2.85. The van der Waals surface area contributed by atoms with E-state index in [1.807, 2.05) is 39.0 Å². The first-order valence-corrected chi connectivity index (χ1v) is 8.93. The van der Waals surface area contributed by atoms with Crippen molar-refractivity contribution in [2.24, 2.45) is 0 Å². The quantitative estimate of drug-likeness (QED) is 0.657. The van der Waals surface area contributed by atoms with E-state index in [0.29, 0.717) is 29.9 Å². The molecular weight excluding hydrogens is 342 g/mol. The fraction of sp³-hybridized carbons (Fsp3) is 0.300. The molecular formula is C20H23N5O2. The smallest absolute Gasteiger partial charge is 0.252 e. The predicted molar refractivity (Wildman–Crippen MR) is 104 cm³/mol. The largest absolute Gasteiger partial charge is 0.350 e. The van der Waals surface area contributed by atoms with E-state index in [0.717, 1.165) is 11.1 Å². The van der Waals surface area contributed by atoms with E-state index in [-0.39, 0.29) is 17.9 Å². The van der Waals surface area contributed by atoms with Crippen LogP contribution in [0.5, 0.6) is 0 Å². The van der Waals surface area contributed by atoms with E-state index in [4.69, 9.17) is 0 Å². The number of aryl methyl sites for hydroxylation is 1. The summed E-state index contributed by atoms with van der Waals surface area (Å²) < 4.78 is 1.80. The van der Waals surface area contributed by atoms with Crippen molar-refractivity contribution in [3.63, 3.8) is 0 Å². The minimum absolute atomic E-state index is 0.154. The van der Waals surface area contributed by atoms with Crippen LogP contribution in [0.15, 0.2) is 42.6 Å². The Morgan fingerprint density at radius 2 is 1.74 bits per heavy atom. The van der Waals surface area contributed by atoms with Gasteiger partial charge in [-0.2, -0.15) is 5.10 Å². The van der Waals surface area contributed by atoms with Crippen LogP contribution < -0.4 is 10.6 Å². The molecule has 0 aliphatic rings. The lowest BCUT2D eigenvalue weighted by Crippen LogP contribution is -2.34. The Bertz CT molecular complexity index is 963. The van der Waals surface area contributed by atoms with Crippen LogP contribution >= 0.6 is 0 Å². The summed E-state index contributed by atoms with van der Waals surface area (Å²) >= 11 is 0. The molecule has 2 aromatic heterocycles. The van der Waals surface area contributed by atoms with E-state index in [1.165, 1.54) is 0 Å². The monoisotopic (exact) mass is 365 g/mol. The summed E-state index contributed by atoms with van der Waals surface area (Å²) in [5.74, 6) is -0.368. The van der Waals surface area contributed by atoms with Crippen molar-refractivity contribution >= 4 is 22.8 Å². The Morgan fingerprint density at radius 1 is 1.07 bits per heavy atom. The number of nitrogens with zero attached hydrogens (tertiary/aromatic N) is 3. The van der Waals surface area contributed by atoms with Crippen LogP contribution in [0.4, 0.5) is 0 Å². The van der Waals surface area contributed by atoms with Gasteiger partial charge in [0.05, 0.1) is 17.1 Å².